The van der Waals surface area contributed by atoms with Crippen molar-refractivity contribution in [3.05, 3.63) is 0 Å². The summed E-state index contributed by atoms with van der Waals surface area (Å²) in [6.45, 7) is 4.54. The summed E-state index contributed by atoms with van der Waals surface area (Å²) in [6, 6.07) is 0. The molecule has 0 rings (SSSR count). The van der Waals surface area contributed by atoms with Crippen molar-refractivity contribution in [2.45, 2.75) is 65.1 Å². The molecule has 2 radical (unpaired) electrons. The quantitative estimate of drug-likeness (QED) is 0.378. The standard InChI is InChI=1S/C11H23B/c1-3-5-6-7-8-11(4-2)9-10-12/h11H,3-10H2,1-2H3/t11-/m1/s1. The fraction of sp³-hybridized carbons (Fsp3) is 1.00. The zero-order valence-corrected chi connectivity index (χ0v) is 8.81. The summed E-state index contributed by atoms with van der Waals surface area (Å²) in [5.74, 6) is 0.895. The first-order valence-electron chi connectivity index (χ1n) is 5.55. The van der Waals surface area contributed by atoms with E-state index in [-0.39, 0.29) is 0 Å². The van der Waals surface area contributed by atoms with Gasteiger partial charge in [-0.05, 0) is 5.92 Å². The van der Waals surface area contributed by atoms with Crippen LogP contribution in [0.25, 0.3) is 0 Å². The van der Waals surface area contributed by atoms with E-state index in [0.29, 0.717) is 0 Å². The predicted molar refractivity (Wildman–Crippen MR) is 57.7 cm³/mol. The van der Waals surface area contributed by atoms with Gasteiger partial charge in [0, 0.05) is 0 Å². The second kappa shape index (κ2) is 9.16. The molecule has 0 aliphatic rings. The highest BCUT2D eigenvalue weighted by Gasteiger charge is 2.03. The lowest BCUT2D eigenvalue weighted by Gasteiger charge is -2.12. The second-order valence-electron chi connectivity index (χ2n) is 3.70. The molecular formula is C11H23B. The minimum atomic E-state index is 0.867. The first kappa shape index (κ1) is 12.1. The lowest BCUT2D eigenvalue weighted by Crippen LogP contribution is -1.98. The van der Waals surface area contributed by atoms with E-state index in [9.17, 15) is 0 Å². The fourth-order valence-corrected chi connectivity index (χ4v) is 1.65. The van der Waals surface area contributed by atoms with Gasteiger partial charge in [-0.2, -0.15) is 0 Å². The SMILES string of the molecule is [B]CC[C@H](CC)CCCCCC. The Morgan fingerprint density at radius 3 is 2.25 bits per heavy atom. The van der Waals surface area contributed by atoms with Crippen LogP contribution in [0, 0.1) is 5.92 Å². The van der Waals surface area contributed by atoms with Crippen LogP contribution in [0.4, 0.5) is 0 Å². The highest BCUT2D eigenvalue weighted by molar-refractivity contribution is 6.08. The summed E-state index contributed by atoms with van der Waals surface area (Å²) < 4.78 is 0. The molecule has 12 heavy (non-hydrogen) atoms. The maximum Gasteiger partial charge on any atom is 0.0653 e. The van der Waals surface area contributed by atoms with Crippen molar-refractivity contribution in [1.82, 2.24) is 0 Å². The predicted octanol–water partition coefficient (Wildman–Crippen LogP) is 3.96. The van der Waals surface area contributed by atoms with E-state index in [1.807, 2.05) is 0 Å². The van der Waals surface area contributed by atoms with Gasteiger partial charge < -0.3 is 0 Å². The van der Waals surface area contributed by atoms with Gasteiger partial charge in [0.1, 0.15) is 0 Å². The van der Waals surface area contributed by atoms with Crippen molar-refractivity contribution in [3.63, 3.8) is 0 Å². The number of hydrogen-bond acceptors (Lipinski definition) is 0. The smallest absolute Gasteiger partial charge is 0.0653 e. The van der Waals surface area contributed by atoms with Crippen LogP contribution in [0.2, 0.25) is 6.32 Å². The summed E-state index contributed by atoms with van der Waals surface area (Å²) in [5.41, 5.74) is 0. The average Bonchev–Trinajstić information content (AvgIpc) is 2.10. The van der Waals surface area contributed by atoms with E-state index in [2.05, 4.69) is 13.8 Å². The molecule has 0 saturated carbocycles. The maximum absolute atomic E-state index is 5.54. The van der Waals surface area contributed by atoms with Crippen molar-refractivity contribution in [1.29, 1.82) is 0 Å². The molecule has 0 spiro atoms. The third-order valence-electron chi connectivity index (χ3n) is 2.62. The van der Waals surface area contributed by atoms with Crippen LogP contribution in [-0.2, 0) is 0 Å². The molecule has 0 bridgehead atoms. The van der Waals surface area contributed by atoms with Crippen molar-refractivity contribution >= 4 is 7.85 Å². The zero-order valence-electron chi connectivity index (χ0n) is 8.81. The van der Waals surface area contributed by atoms with E-state index in [1.54, 1.807) is 0 Å². The maximum atomic E-state index is 5.54. The Bertz CT molecular complexity index is 81.1. The van der Waals surface area contributed by atoms with Gasteiger partial charge in [0.2, 0.25) is 0 Å². The van der Waals surface area contributed by atoms with Gasteiger partial charge >= 0.3 is 0 Å². The molecule has 0 aliphatic heterocycles. The van der Waals surface area contributed by atoms with Crippen LogP contribution in [0.5, 0.6) is 0 Å². The van der Waals surface area contributed by atoms with Crippen molar-refractivity contribution in [3.8, 4) is 0 Å². The summed E-state index contributed by atoms with van der Waals surface area (Å²) in [6.07, 6.45) is 10.4. The number of hydrogen-bond donors (Lipinski definition) is 0. The number of rotatable bonds is 8. The highest BCUT2D eigenvalue weighted by atomic mass is 14.1. The van der Waals surface area contributed by atoms with Crippen LogP contribution in [0.3, 0.4) is 0 Å². The van der Waals surface area contributed by atoms with Gasteiger partial charge in [0.25, 0.3) is 0 Å². The molecule has 0 N–H and O–H groups in total. The van der Waals surface area contributed by atoms with Crippen molar-refractivity contribution in [2.24, 2.45) is 5.92 Å². The van der Waals surface area contributed by atoms with Gasteiger partial charge in [-0.15, -0.1) is 0 Å². The molecule has 0 nitrogen and oxygen atoms in total. The molecule has 1 atom stereocenters. The van der Waals surface area contributed by atoms with Gasteiger partial charge in [-0.3, -0.25) is 0 Å². The Morgan fingerprint density at radius 1 is 1.00 bits per heavy atom. The minimum Gasteiger partial charge on any atom is -0.0884 e. The van der Waals surface area contributed by atoms with Crippen LogP contribution in [0.1, 0.15) is 58.8 Å². The summed E-state index contributed by atoms with van der Waals surface area (Å²) >= 11 is 0. The number of unbranched alkanes of at least 4 members (excludes halogenated alkanes) is 3. The van der Waals surface area contributed by atoms with E-state index in [0.717, 1.165) is 12.2 Å². The van der Waals surface area contributed by atoms with Gasteiger partial charge in [0.05, 0.1) is 7.85 Å². The monoisotopic (exact) mass is 166 g/mol. The molecule has 0 aromatic heterocycles. The molecule has 0 amide bonds. The van der Waals surface area contributed by atoms with Crippen molar-refractivity contribution in [2.75, 3.05) is 0 Å². The second-order valence-corrected chi connectivity index (χ2v) is 3.70. The van der Waals surface area contributed by atoms with Crippen LogP contribution in [-0.4, -0.2) is 7.85 Å². The molecule has 0 aromatic rings. The van der Waals surface area contributed by atoms with Gasteiger partial charge in [-0.25, -0.2) is 0 Å². The summed E-state index contributed by atoms with van der Waals surface area (Å²) in [5, 5.41) is 0. The molecule has 0 saturated heterocycles. The highest BCUT2D eigenvalue weighted by Crippen LogP contribution is 2.18. The Kier molecular flexibility index (Phi) is 9.20. The lowest BCUT2D eigenvalue weighted by molar-refractivity contribution is 0.429. The van der Waals surface area contributed by atoms with E-state index < -0.39 is 0 Å². The minimum absolute atomic E-state index is 0.867. The Balaban J connectivity index is 3.19. The van der Waals surface area contributed by atoms with E-state index in [1.165, 1.54) is 44.9 Å². The Labute approximate surface area is 79.5 Å². The molecule has 0 heterocycles. The van der Waals surface area contributed by atoms with Gasteiger partial charge in [-0.1, -0.05) is 65.1 Å². The van der Waals surface area contributed by atoms with Crippen LogP contribution >= 0.6 is 0 Å². The van der Waals surface area contributed by atoms with E-state index in [4.69, 9.17) is 7.85 Å². The average molecular weight is 166 g/mol. The van der Waals surface area contributed by atoms with Gasteiger partial charge in [0.15, 0.2) is 0 Å². The summed E-state index contributed by atoms with van der Waals surface area (Å²) in [7, 11) is 5.54. The topological polar surface area (TPSA) is 0 Å². The largest absolute Gasteiger partial charge is 0.0884 e. The lowest BCUT2D eigenvalue weighted by atomic mass is 9.88. The molecule has 0 aromatic carbocycles. The molecular weight excluding hydrogens is 143 g/mol. The molecule has 1 heteroatoms. The normalized spacial score (nSPS) is 13.2. The molecule has 0 unspecified atom stereocenters. The first-order chi connectivity index (χ1) is 5.85. The molecule has 0 fully saturated rings. The molecule has 70 valence electrons. The van der Waals surface area contributed by atoms with Crippen LogP contribution < -0.4 is 0 Å². The Morgan fingerprint density at radius 2 is 1.75 bits per heavy atom. The summed E-state index contributed by atoms with van der Waals surface area (Å²) in [4.78, 5) is 0. The van der Waals surface area contributed by atoms with Crippen LogP contribution in [0.15, 0.2) is 0 Å². The third kappa shape index (κ3) is 6.76. The molecule has 0 aliphatic carbocycles. The first-order valence-corrected chi connectivity index (χ1v) is 5.55. The third-order valence-corrected chi connectivity index (χ3v) is 2.62. The van der Waals surface area contributed by atoms with E-state index >= 15 is 0 Å². The van der Waals surface area contributed by atoms with Crippen molar-refractivity contribution < 1.29 is 0 Å². The zero-order chi connectivity index (χ0) is 9.23. The Hall–Kier alpha value is 0.0649. The fourth-order valence-electron chi connectivity index (χ4n) is 1.65.